The maximum Gasteiger partial charge on any atom is 0.251 e. The van der Waals surface area contributed by atoms with E-state index in [1.807, 2.05) is 25.1 Å². The van der Waals surface area contributed by atoms with Gasteiger partial charge in [-0.25, -0.2) is 8.42 Å². The molecule has 1 amide bonds. The Balaban J connectivity index is 1.77. The molecule has 0 radical (unpaired) electrons. The predicted molar refractivity (Wildman–Crippen MR) is 92.9 cm³/mol. The van der Waals surface area contributed by atoms with Gasteiger partial charge in [0, 0.05) is 11.8 Å². The van der Waals surface area contributed by atoms with E-state index in [0.717, 1.165) is 11.8 Å². The van der Waals surface area contributed by atoms with Crippen molar-refractivity contribution in [1.29, 1.82) is 0 Å². The third-order valence-electron chi connectivity index (χ3n) is 3.94. The number of sulfone groups is 1. The molecule has 6 nitrogen and oxygen atoms in total. The van der Waals surface area contributed by atoms with Crippen molar-refractivity contribution in [3.05, 3.63) is 53.6 Å². The first-order chi connectivity index (χ1) is 11.8. The van der Waals surface area contributed by atoms with Crippen molar-refractivity contribution in [3.8, 4) is 11.5 Å². The fraction of sp³-hybridized carbons (Fsp3) is 0.278. The van der Waals surface area contributed by atoms with Crippen LogP contribution < -0.4 is 14.8 Å². The maximum absolute atomic E-state index is 12.4. The molecular formula is C18H19NO5S. The van der Waals surface area contributed by atoms with Gasteiger partial charge >= 0.3 is 0 Å². The quantitative estimate of drug-likeness (QED) is 0.904. The lowest BCUT2D eigenvalue weighted by atomic mass is 10.1. The summed E-state index contributed by atoms with van der Waals surface area (Å²) in [7, 11) is -3.36. The summed E-state index contributed by atoms with van der Waals surface area (Å²) in [5, 5.41) is 2.87. The fourth-order valence-electron chi connectivity index (χ4n) is 2.56. The molecular weight excluding hydrogens is 342 g/mol. The van der Waals surface area contributed by atoms with E-state index < -0.39 is 9.84 Å². The Morgan fingerprint density at radius 3 is 2.52 bits per heavy atom. The van der Waals surface area contributed by atoms with E-state index in [-0.39, 0.29) is 16.8 Å². The van der Waals surface area contributed by atoms with E-state index in [1.54, 1.807) is 12.1 Å². The first-order valence-electron chi connectivity index (χ1n) is 7.85. The minimum atomic E-state index is -3.36. The maximum atomic E-state index is 12.4. The second kappa shape index (κ2) is 6.76. The van der Waals surface area contributed by atoms with Crippen LogP contribution in [0.2, 0.25) is 0 Å². The van der Waals surface area contributed by atoms with Crippen LogP contribution in [-0.4, -0.2) is 33.8 Å². The van der Waals surface area contributed by atoms with Crippen molar-refractivity contribution in [2.24, 2.45) is 0 Å². The van der Waals surface area contributed by atoms with Gasteiger partial charge in [-0.05, 0) is 42.8 Å². The zero-order valence-electron chi connectivity index (χ0n) is 14.0. The summed E-state index contributed by atoms with van der Waals surface area (Å²) >= 11 is 0. The van der Waals surface area contributed by atoms with Crippen LogP contribution in [0.1, 0.15) is 28.9 Å². The average Bonchev–Trinajstić information content (AvgIpc) is 2.60. The third kappa shape index (κ3) is 3.93. The number of fused-ring (bicyclic) bond motifs is 1. The summed E-state index contributed by atoms with van der Waals surface area (Å²) in [6.07, 6.45) is 1.11. The molecule has 0 aromatic heterocycles. The second-order valence-corrected chi connectivity index (χ2v) is 7.91. The molecule has 1 aliphatic rings. The number of carbonyl (C=O) groups excluding carboxylic acids is 1. The van der Waals surface area contributed by atoms with Crippen molar-refractivity contribution in [2.45, 2.75) is 17.9 Å². The monoisotopic (exact) mass is 361 g/mol. The molecule has 1 heterocycles. The molecule has 25 heavy (non-hydrogen) atoms. The molecule has 0 bridgehead atoms. The van der Waals surface area contributed by atoms with Gasteiger partial charge < -0.3 is 14.8 Å². The molecule has 0 saturated heterocycles. The molecule has 7 heteroatoms. The van der Waals surface area contributed by atoms with Gasteiger partial charge in [-0.1, -0.05) is 12.1 Å². The van der Waals surface area contributed by atoms with Crippen LogP contribution >= 0.6 is 0 Å². The lowest BCUT2D eigenvalue weighted by molar-refractivity contribution is 0.0939. The van der Waals surface area contributed by atoms with E-state index in [9.17, 15) is 13.2 Å². The lowest BCUT2D eigenvalue weighted by Gasteiger charge is -2.21. The van der Waals surface area contributed by atoms with Gasteiger partial charge in [0.05, 0.1) is 10.9 Å². The first-order valence-corrected chi connectivity index (χ1v) is 9.74. The van der Waals surface area contributed by atoms with Crippen LogP contribution in [0.15, 0.2) is 47.4 Å². The molecule has 0 aliphatic carbocycles. The van der Waals surface area contributed by atoms with E-state index in [0.29, 0.717) is 30.3 Å². The summed E-state index contributed by atoms with van der Waals surface area (Å²) in [4.78, 5) is 12.6. The number of ether oxygens (including phenoxy) is 2. The number of carbonyl (C=O) groups is 1. The van der Waals surface area contributed by atoms with Crippen LogP contribution in [0.5, 0.6) is 11.5 Å². The molecule has 0 spiro atoms. The highest BCUT2D eigenvalue weighted by molar-refractivity contribution is 7.90. The van der Waals surface area contributed by atoms with Gasteiger partial charge in [-0.2, -0.15) is 0 Å². The number of rotatable bonds is 4. The Labute approximate surface area is 146 Å². The molecule has 1 N–H and O–H groups in total. The first kappa shape index (κ1) is 17.3. The van der Waals surface area contributed by atoms with Crippen molar-refractivity contribution < 1.29 is 22.7 Å². The normalized spacial score (nSPS) is 14.6. The predicted octanol–water partition coefficient (Wildman–Crippen LogP) is 2.35. The molecule has 0 unspecified atom stereocenters. The zero-order chi connectivity index (χ0) is 18.0. The van der Waals surface area contributed by atoms with Gasteiger partial charge in [0.15, 0.2) is 21.3 Å². The lowest BCUT2D eigenvalue weighted by Crippen LogP contribution is -2.27. The highest BCUT2D eigenvalue weighted by Gasteiger charge is 2.17. The molecule has 2 aromatic rings. The Morgan fingerprint density at radius 2 is 1.80 bits per heavy atom. The highest BCUT2D eigenvalue weighted by Crippen LogP contribution is 2.32. The van der Waals surface area contributed by atoms with Crippen molar-refractivity contribution in [2.75, 3.05) is 19.5 Å². The Hall–Kier alpha value is -2.54. The summed E-state index contributed by atoms with van der Waals surface area (Å²) in [5.41, 5.74) is 1.17. The van der Waals surface area contributed by atoms with Crippen molar-refractivity contribution in [1.82, 2.24) is 5.32 Å². The number of amides is 1. The fourth-order valence-corrected chi connectivity index (χ4v) is 3.23. The molecule has 2 aromatic carbocycles. The molecule has 0 fully saturated rings. The van der Waals surface area contributed by atoms with Crippen molar-refractivity contribution in [3.63, 3.8) is 0 Å². The molecule has 1 atom stereocenters. The summed E-state index contributed by atoms with van der Waals surface area (Å²) in [5.74, 6) is 1.01. The van der Waals surface area contributed by atoms with Crippen molar-refractivity contribution >= 4 is 15.7 Å². The van der Waals surface area contributed by atoms with Crippen LogP contribution in [-0.2, 0) is 9.84 Å². The SMILES string of the molecule is C[C@@H](NC(=O)c1cccc(S(C)(=O)=O)c1)c1ccc2c(c1)OCCO2. The van der Waals surface area contributed by atoms with E-state index in [2.05, 4.69) is 5.32 Å². The van der Waals surface area contributed by atoms with Gasteiger partial charge in [-0.15, -0.1) is 0 Å². The topological polar surface area (TPSA) is 81.7 Å². The second-order valence-electron chi connectivity index (χ2n) is 5.90. The minimum Gasteiger partial charge on any atom is -0.486 e. The Morgan fingerprint density at radius 1 is 1.08 bits per heavy atom. The Bertz CT molecular complexity index is 907. The van der Waals surface area contributed by atoms with Gasteiger partial charge in [0.1, 0.15) is 13.2 Å². The average molecular weight is 361 g/mol. The van der Waals surface area contributed by atoms with Crippen LogP contribution in [0.3, 0.4) is 0 Å². The standard InChI is InChI=1S/C18H19NO5S/c1-12(13-6-7-16-17(11-13)24-9-8-23-16)19-18(20)14-4-3-5-15(10-14)25(2,21)22/h3-7,10-12H,8-9H2,1-2H3,(H,19,20)/t12-/m1/s1. The van der Waals surface area contributed by atoms with Gasteiger partial charge in [0.2, 0.25) is 0 Å². The highest BCUT2D eigenvalue weighted by atomic mass is 32.2. The van der Waals surface area contributed by atoms with Crippen LogP contribution in [0.25, 0.3) is 0 Å². The van der Waals surface area contributed by atoms with Crippen LogP contribution in [0, 0.1) is 0 Å². The smallest absolute Gasteiger partial charge is 0.251 e. The van der Waals surface area contributed by atoms with E-state index in [4.69, 9.17) is 9.47 Å². The number of hydrogen-bond acceptors (Lipinski definition) is 5. The summed E-state index contributed by atoms with van der Waals surface area (Å²) in [6, 6.07) is 11.2. The largest absolute Gasteiger partial charge is 0.486 e. The molecule has 1 aliphatic heterocycles. The van der Waals surface area contributed by atoms with Crippen LogP contribution in [0.4, 0.5) is 0 Å². The van der Waals surface area contributed by atoms with E-state index in [1.165, 1.54) is 12.1 Å². The third-order valence-corrected chi connectivity index (χ3v) is 5.05. The Kier molecular flexibility index (Phi) is 4.67. The molecule has 3 rings (SSSR count). The zero-order valence-corrected chi connectivity index (χ0v) is 14.8. The number of nitrogens with one attached hydrogen (secondary N) is 1. The van der Waals surface area contributed by atoms with Gasteiger partial charge in [0.25, 0.3) is 5.91 Å². The molecule has 132 valence electrons. The number of benzene rings is 2. The molecule has 0 saturated carbocycles. The van der Waals surface area contributed by atoms with E-state index >= 15 is 0 Å². The summed E-state index contributed by atoms with van der Waals surface area (Å²) in [6.45, 7) is 2.87. The minimum absolute atomic E-state index is 0.118. The van der Waals surface area contributed by atoms with Gasteiger partial charge in [-0.3, -0.25) is 4.79 Å². The number of hydrogen-bond donors (Lipinski definition) is 1. The summed E-state index contributed by atoms with van der Waals surface area (Å²) < 4.78 is 34.3.